The number of fused-ring (bicyclic) bond motifs is 2. The number of hydrogen-bond acceptors (Lipinski definition) is 5. The second-order valence-electron chi connectivity index (χ2n) is 12.1. The zero-order chi connectivity index (χ0) is 29.6. The third-order valence-corrected chi connectivity index (χ3v) is 8.76. The number of nitrogens with one attached hydrogen (secondary N) is 2. The van der Waals surface area contributed by atoms with Gasteiger partial charge in [0.25, 0.3) is 5.91 Å². The Morgan fingerprint density at radius 1 is 1.00 bits per heavy atom. The van der Waals surface area contributed by atoms with Crippen molar-refractivity contribution in [2.24, 2.45) is 11.8 Å². The highest BCUT2D eigenvalue weighted by molar-refractivity contribution is 6.08. The lowest BCUT2D eigenvalue weighted by molar-refractivity contribution is 0.0333. The van der Waals surface area contributed by atoms with Crippen LogP contribution in [0.5, 0.6) is 5.75 Å². The van der Waals surface area contributed by atoms with Crippen molar-refractivity contribution in [2.45, 2.75) is 58.1 Å². The number of aliphatic hydroxyl groups excluding tert-OH is 1. The molecule has 8 nitrogen and oxygen atoms in total. The van der Waals surface area contributed by atoms with Gasteiger partial charge in [-0.25, -0.2) is 4.79 Å². The van der Waals surface area contributed by atoms with Gasteiger partial charge in [0.2, 0.25) is 0 Å². The molecular formula is C34H44N4O4. The van der Waals surface area contributed by atoms with Gasteiger partial charge in [0, 0.05) is 30.9 Å². The SMILES string of the molecule is C[C@H](CO)N1C[C@H](C)[C@@H](CN(C)CC2CCCCC2)Oc2c(NC(=O)Nc3cccc4ccccc34)cccc2C1=O. The zero-order valence-corrected chi connectivity index (χ0v) is 25.0. The summed E-state index contributed by atoms with van der Waals surface area (Å²) in [5.41, 5.74) is 1.51. The number of urea groups is 1. The molecule has 2 aliphatic rings. The first-order valence-electron chi connectivity index (χ1n) is 15.3. The van der Waals surface area contributed by atoms with Gasteiger partial charge in [-0.2, -0.15) is 0 Å². The molecule has 3 aromatic rings. The summed E-state index contributed by atoms with van der Waals surface area (Å²) in [5, 5.41) is 17.9. The van der Waals surface area contributed by atoms with E-state index in [4.69, 9.17) is 4.74 Å². The molecule has 42 heavy (non-hydrogen) atoms. The predicted molar refractivity (Wildman–Crippen MR) is 168 cm³/mol. The molecule has 0 aromatic heterocycles. The fraction of sp³-hybridized carbons (Fsp3) is 0.471. The molecule has 0 saturated heterocycles. The van der Waals surface area contributed by atoms with Gasteiger partial charge in [-0.15, -0.1) is 0 Å². The molecule has 0 spiro atoms. The molecule has 3 aromatic carbocycles. The quantitative estimate of drug-likeness (QED) is 0.298. The van der Waals surface area contributed by atoms with Gasteiger partial charge < -0.3 is 30.3 Å². The highest BCUT2D eigenvalue weighted by Crippen LogP contribution is 2.35. The Morgan fingerprint density at radius 2 is 1.69 bits per heavy atom. The summed E-state index contributed by atoms with van der Waals surface area (Å²) in [7, 11) is 2.14. The minimum atomic E-state index is -0.419. The average molecular weight is 573 g/mol. The van der Waals surface area contributed by atoms with E-state index in [0.717, 1.165) is 17.3 Å². The first kappa shape index (κ1) is 29.9. The number of carbonyl (C=O) groups is 2. The molecule has 3 N–H and O–H groups in total. The van der Waals surface area contributed by atoms with E-state index < -0.39 is 6.03 Å². The summed E-state index contributed by atoms with van der Waals surface area (Å²) in [4.78, 5) is 31.2. The molecule has 3 atom stereocenters. The maximum absolute atomic E-state index is 13.8. The van der Waals surface area contributed by atoms with Gasteiger partial charge in [0.15, 0.2) is 5.75 Å². The van der Waals surface area contributed by atoms with Gasteiger partial charge in [0.1, 0.15) is 6.10 Å². The predicted octanol–water partition coefficient (Wildman–Crippen LogP) is 6.22. The van der Waals surface area contributed by atoms with E-state index in [1.807, 2.05) is 49.4 Å². The van der Waals surface area contributed by atoms with Crippen LogP contribution in [0, 0.1) is 11.8 Å². The molecule has 0 radical (unpaired) electrons. The lowest BCUT2D eigenvalue weighted by Crippen LogP contribution is -2.50. The number of para-hydroxylation sites is 1. The lowest BCUT2D eigenvalue weighted by Gasteiger charge is -2.39. The lowest BCUT2D eigenvalue weighted by atomic mass is 9.89. The van der Waals surface area contributed by atoms with Crippen LogP contribution in [-0.2, 0) is 0 Å². The summed E-state index contributed by atoms with van der Waals surface area (Å²) in [6.07, 6.45) is 6.25. The Balaban J connectivity index is 1.42. The second-order valence-corrected chi connectivity index (χ2v) is 12.1. The van der Waals surface area contributed by atoms with E-state index in [1.165, 1.54) is 32.1 Å². The smallest absolute Gasteiger partial charge is 0.323 e. The van der Waals surface area contributed by atoms with Crippen LogP contribution in [0.4, 0.5) is 16.2 Å². The average Bonchev–Trinajstić information content (AvgIpc) is 2.99. The zero-order valence-electron chi connectivity index (χ0n) is 25.0. The van der Waals surface area contributed by atoms with E-state index in [1.54, 1.807) is 23.1 Å². The number of ether oxygens (including phenoxy) is 1. The molecule has 8 heteroatoms. The van der Waals surface area contributed by atoms with Crippen LogP contribution < -0.4 is 15.4 Å². The second kappa shape index (κ2) is 13.6. The maximum atomic E-state index is 13.8. The Morgan fingerprint density at radius 3 is 2.48 bits per heavy atom. The summed E-state index contributed by atoms with van der Waals surface area (Å²) in [6.45, 7) is 6.01. The Labute approximate surface area is 249 Å². The normalized spacial score (nSPS) is 20.4. The van der Waals surface area contributed by atoms with Gasteiger partial charge in [0.05, 0.1) is 29.6 Å². The summed E-state index contributed by atoms with van der Waals surface area (Å²) in [5.74, 6) is 0.851. The van der Waals surface area contributed by atoms with Crippen molar-refractivity contribution in [3.8, 4) is 5.75 Å². The standard InChI is InChI=1S/C34H44N4O4/c1-23-19-38(24(2)22-39)33(40)28-16-10-18-30(32(28)42-31(23)21-37(3)20-25-11-5-4-6-12-25)36-34(41)35-29-17-9-14-26-13-7-8-15-27(26)29/h7-10,13-18,23-25,31,39H,4-6,11-12,19-22H2,1-3H3,(H2,35,36,41)/t23-,24+,31+/m0/s1. The number of nitrogens with zero attached hydrogens (tertiary/aromatic N) is 2. The number of rotatable bonds is 8. The van der Waals surface area contributed by atoms with Crippen LogP contribution in [0.25, 0.3) is 10.8 Å². The first-order chi connectivity index (χ1) is 20.3. The van der Waals surface area contributed by atoms with Crippen molar-refractivity contribution in [2.75, 3.05) is 43.9 Å². The number of amides is 3. The molecule has 1 aliphatic heterocycles. The van der Waals surface area contributed by atoms with Crippen molar-refractivity contribution < 1.29 is 19.4 Å². The van der Waals surface area contributed by atoms with Crippen LogP contribution in [0.3, 0.4) is 0 Å². The third kappa shape index (κ3) is 6.88. The number of anilines is 2. The molecule has 3 amide bonds. The topological polar surface area (TPSA) is 94.1 Å². The van der Waals surface area contributed by atoms with Crippen molar-refractivity contribution in [1.29, 1.82) is 0 Å². The Bertz CT molecular complexity index is 1380. The Kier molecular flexibility index (Phi) is 9.65. The van der Waals surface area contributed by atoms with E-state index in [2.05, 4.69) is 29.5 Å². The van der Waals surface area contributed by atoms with Gasteiger partial charge >= 0.3 is 6.03 Å². The molecule has 0 unspecified atom stereocenters. The monoisotopic (exact) mass is 572 g/mol. The van der Waals surface area contributed by atoms with E-state index in [-0.39, 0.29) is 30.6 Å². The molecule has 5 rings (SSSR count). The molecule has 224 valence electrons. The highest BCUT2D eigenvalue weighted by Gasteiger charge is 2.35. The fourth-order valence-electron chi connectivity index (χ4n) is 6.36. The minimum absolute atomic E-state index is 0.00229. The van der Waals surface area contributed by atoms with Crippen molar-refractivity contribution in [3.63, 3.8) is 0 Å². The maximum Gasteiger partial charge on any atom is 0.323 e. The van der Waals surface area contributed by atoms with Crippen molar-refractivity contribution in [3.05, 3.63) is 66.2 Å². The van der Waals surface area contributed by atoms with E-state index in [0.29, 0.717) is 41.7 Å². The van der Waals surface area contributed by atoms with E-state index >= 15 is 0 Å². The van der Waals surface area contributed by atoms with Crippen LogP contribution in [0.1, 0.15) is 56.3 Å². The molecular weight excluding hydrogens is 528 g/mol. The molecule has 0 bridgehead atoms. The van der Waals surface area contributed by atoms with E-state index in [9.17, 15) is 14.7 Å². The molecule has 1 aliphatic carbocycles. The molecule has 1 heterocycles. The third-order valence-electron chi connectivity index (χ3n) is 8.76. The van der Waals surface area contributed by atoms with Crippen LogP contribution in [0.2, 0.25) is 0 Å². The first-order valence-corrected chi connectivity index (χ1v) is 15.3. The van der Waals surface area contributed by atoms with Crippen LogP contribution >= 0.6 is 0 Å². The van der Waals surface area contributed by atoms with Crippen LogP contribution in [-0.4, -0.2) is 72.3 Å². The number of hydrogen-bond donors (Lipinski definition) is 3. The number of benzene rings is 3. The molecule has 1 saturated carbocycles. The summed E-state index contributed by atoms with van der Waals surface area (Å²) >= 11 is 0. The van der Waals surface area contributed by atoms with Gasteiger partial charge in [-0.1, -0.05) is 68.7 Å². The van der Waals surface area contributed by atoms with Gasteiger partial charge in [-0.05, 0) is 56.3 Å². The molecule has 1 fully saturated rings. The van der Waals surface area contributed by atoms with Gasteiger partial charge in [-0.3, -0.25) is 4.79 Å². The number of carbonyl (C=O) groups excluding carboxylic acids is 2. The summed E-state index contributed by atoms with van der Waals surface area (Å²) < 4.78 is 6.70. The fourth-order valence-corrected chi connectivity index (χ4v) is 6.36. The minimum Gasteiger partial charge on any atom is -0.486 e. The number of aliphatic hydroxyl groups is 1. The van der Waals surface area contributed by atoms with Crippen LogP contribution in [0.15, 0.2) is 60.7 Å². The van der Waals surface area contributed by atoms with Crippen molar-refractivity contribution in [1.82, 2.24) is 9.80 Å². The van der Waals surface area contributed by atoms with Crippen molar-refractivity contribution >= 4 is 34.1 Å². The highest BCUT2D eigenvalue weighted by atomic mass is 16.5. The Hall–Kier alpha value is -3.62. The number of likely N-dealkylation sites (N-methyl/N-ethyl adjacent to an activating group) is 1. The summed E-state index contributed by atoms with van der Waals surface area (Å²) in [6, 6.07) is 18.1. The largest absolute Gasteiger partial charge is 0.486 e.